The molecule has 3 N–H and O–H groups in total. The predicted octanol–water partition coefficient (Wildman–Crippen LogP) is 2.75. The Hall–Kier alpha value is -3.53. The van der Waals surface area contributed by atoms with E-state index in [2.05, 4.69) is 0 Å². The number of carboxylic acids is 1. The molecule has 0 radical (unpaired) electrons. The van der Waals surface area contributed by atoms with Gasteiger partial charge in [-0.25, -0.2) is 18.7 Å². The SMILES string of the molecule is O=C(CN(Cc1cccc(C(=O)O)c1)S(=O)(=O)c1ccc(-c2ccccc2)cc1)NO. The molecule has 0 atom stereocenters. The lowest BCUT2D eigenvalue weighted by Gasteiger charge is -2.21. The van der Waals surface area contributed by atoms with Crippen molar-refractivity contribution < 1.29 is 28.3 Å². The molecule has 0 spiro atoms. The fourth-order valence-corrected chi connectivity index (χ4v) is 4.41. The van der Waals surface area contributed by atoms with E-state index < -0.39 is 28.4 Å². The summed E-state index contributed by atoms with van der Waals surface area (Å²) >= 11 is 0. The van der Waals surface area contributed by atoms with Gasteiger partial charge in [0.2, 0.25) is 10.0 Å². The molecule has 0 saturated heterocycles. The molecule has 31 heavy (non-hydrogen) atoms. The maximum atomic E-state index is 13.2. The van der Waals surface area contributed by atoms with Gasteiger partial charge in [0.1, 0.15) is 0 Å². The molecule has 0 saturated carbocycles. The van der Waals surface area contributed by atoms with Crippen molar-refractivity contribution in [2.24, 2.45) is 0 Å². The smallest absolute Gasteiger partial charge is 0.335 e. The summed E-state index contributed by atoms with van der Waals surface area (Å²) in [5.41, 5.74) is 3.56. The van der Waals surface area contributed by atoms with Crippen LogP contribution >= 0.6 is 0 Å². The molecule has 0 aliphatic heterocycles. The van der Waals surface area contributed by atoms with Crippen molar-refractivity contribution in [3.8, 4) is 11.1 Å². The van der Waals surface area contributed by atoms with Gasteiger partial charge < -0.3 is 5.11 Å². The molecule has 0 aliphatic carbocycles. The molecule has 1 amide bonds. The van der Waals surface area contributed by atoms with Crippen LogP contribution in [0.15, 0.2) is 83.8 Å². The second-order valence-electron chi connectivity index (χ2n) is 6.70. The number of carbonyl (C=O) groups is 2. The minimum atomic E-state index is -4.12. The van der Waals surface area contributed by atoms with Gasteiger partial charge in [-0.2, -0.15) is 4.31 Å². The Balaban J connectivity index is 1.93. The lowest BCUT2D eigenvalue weighted by atomic mass is 10.1. The summed E-state index contributed by atoms with van der Waals surface area (Å²) in [6.07, 6.45) is 0. The number of nitrogens with one attached hydrogen (secondary N) is 1. The zero-order valence-electron chi connectivity index (χ0n) is 16.3. The van der Waals surface area contributed by atoms with Crippen LogP contribution in [0.5, 0.6) is 0 Å². The first-order valence-corrected chi connectivity index (χ1v) is 10.7. The number of hydrogen-bond acceptors (Lipinski definition) is 5. The number of aromatic carboxylic acids is 1. The van der Waals surface area contributed by atoms with Gasteiger partial charge in [0.15, 0.2) is 0 Å². The molecule has 9 heteroatoms. The maximum absolute atomic E-state index is 13.2. The van der Waals surface area contributed by atoms with Crippen LogP contribution in [0.3, 0.4) is 0 Å². The Labute approximate surface area is 179 Å². The number of carbonyl (C=O) groups excluding carboxylic acids is 1. The molecular weight excluding hydrogens is 420 g/mol. The predicted molar refractivity (Wildman–Crippen MR) is 113 cm³/mol. The summed E-state index contributed by atoms with van der Waals surface area (Å²) in [5.74, 6) is -2.07. The van der Waals surface area contributed by atoms with Gasteiger partial charge in [-0.15, -0.1) is 0 Å². The molecule has 160 valence electrons. The molecule has 0 aromatic heterocycles. The van der Waals surface area contributed by atoms with Crippen molar-refractivity contribution in [2.75, 3.05) is 6.54 Å². The standard InChI is InChI=1S/C22H20N2O6S/c25-21(23-28)15-24(14-16-5-4-8-19(13-16)22(26)27)31(29,30)20-11-9-18(10-12-20)17-6-2-1-3-7-17/h1-13,28H,14-15H2,(H,23,25)(H,26,27). The summed E-state index contributed by atoms with van der Waals surface area (Å²) in [6, 6.07) is 21.4. The number of carboxylic acid groups (broad SMARTS) is 1. The van der Waals surface area contributed by atoms with Crippen LogP contribution in [0, 0.1) is 0 Å². The van der Waals surface area contributed by atoms with E-state index in [0.29, 0.717) is 5.56 Å². The molecule has 0 aliphatic rings. The number of hydrogen-bond donors (Lipinski definition) is 3. The van der Waals surface area contributed by atoms with Gasteiger partial charge in [0, 0.05) is 6.54 Å². The van der Waals surface area contributed by atoms with E-state index in [1.165, 1.54) is 35.8 Å². The third-order valence-corrected chi connectivity index (χ3v) is 6.38. The highest BCUT2D eigenvalue weighted by Gasteiger charge is 2.27. The first kappa shape index (κ1) is 22.2. The maximum Gasteiger partial charge on any atom is 0.335 e. The average Bonchev–Trinajstić information content (AvgIpc) is 2.79. The first-order chi connectivity index (χ1) is 14.8. The van der Waals surface area contributed by atoms with Gasteiger partial charge in [-0.05, 0) is 41.0 Å². The number of amides is 1. The monoisotopic (exact) mass is 440 g/mol. The molecule has 0 bridgehead atoms. The number of rotatable bonds is 8. The minimum absolute atomic E-state index is 0.00586. The van der Waals surface area contributed by atoms with Crippen LogP contribution in [0.4, 0.5) is 0 Å². The van der Waals surface area contributed by atoms with Gasteiger partial charge in [-0.1, -0.05) is 54.6 Å². The van der Waals surface area contributed by atoms with E-state index >= 15 is 0 Å². The van der Waals surface area contributed by atoms with Crippen LogP contribution in [0.1, 0.15) is 15.9 Å². The van der Waals surface area contributed by atoms with Crippen molar-refractivity contribution >= 4 is 21.9 Å². The second-order valence-corrected chi connectivity index (χ2v) is 8.64. The zero-order valence-corrected chi connectivity index (χ0v) is 17.1. The highest BCUT2D eigenvalue weighted by molar-refractivity contribution is 7.89. The largest absolute Gasteiger partial charge is 0.478 e. The first-order valence-electron chi connectivity index (χ1n) is 9.22. The van der Waals surface area contributed by atoms with Crippen molar-refractivity contribution in [1.82, 2.24) is 9.79 Å². The van der Waals surface area contributed by atoms with Gasteiger partial charge in [-0.3, -0.25) is 10.0 Å². The molecule has 0 fully saturated rings. The van der Waals surface area contributed by atoms with E-state index in [0.717, 1.165) is 15.4 Å². The fraction of sp³-hybridized carbons (Fsp3) is 0.0909. The Bertz CT molecular complexity index is 1180. The summed E-state index contributed by atoms with van der Waals surface area (Å²) in [6.45, 7) is -0.895. The van der Waals surface area contributed by atoms with Gasteiger partial charge >= 0.3 is 5.97 Å². The quantitative estimate of drug-likeness (QED) is 0.366. The topological polar surface area (TPSA) is 124 Å². The third kappa shape index (κ3) is 5.34. The lowest BCUT2D eigenvalue weighted by Crippen LogP contribution is -2.39. The van der Waals surface area contributed by atoms with Crippen molar-refractivity contribution in [3.05, 3.63) is 90.0 Å². The molecule has 3 aromatic rings. The van der Waals surface area contributed by atoms with Gasteiger partial charge in [0.25, 0.3) is 5.91 Å². The molecule has 0 unspecified atom stereocenters. The number of benzene rings is 3. The number of nitrogens with zero attached hydrogens (tertiary/aromatic N) is 1. The Morgan fingerprint density at radius 2 is 1.52 bits per heavy atom. The van der Waals surface area contributed by atoms with Crippen LogP contribution in [0.25, 0.3) is 11.1 Å². The van der Waals surface area contributed by atoms with Crippen LogP contribution in [-0.4, -0.2) is 41.5 Å². The summed E-state index contributed by atoms with van der Waals surface area (Å²) in [7, 11) is -4.12. The summed E-state index contributed by atoms with van der Waals surface area (Å²) < 4.78 is 27.3. The van der Waals surface area contributed by atoms with E-state index in [4.69, 9.17) is 10.3 Å². The number of sulfonamides is 1. The minimum Gasteiger partial charge on any atom is -0.478 e. The van der Waals surface area contributed by atoms with Crippen molar-refractivity contribution in [2.45, 2.75) is 11.4 Å². The zero-order chi connectivity index (χ0) is 22.4. The molecule has 3 rings (SSSR count). The highest BCUT2D eigenvalue weighted by Crippen LogP contribution is 2.24. The molecular formula is C22H20N2O6S. The lowest BCUT2D eigenvalue weighted by molar-refractivity contribution is -0.129. The van der Waals surface area contributed by atoms with E-state index in [1.54, 1.807) is 18.2 Å². The Kier molecular flexibility index (Phi) is 6.81. The second kappa shape index (κ2) is 9.52. The summed E-state index contributed by atoms with van der Waals surface area (Å²) in [4.78, 5) is 22.9. The van der Waals surface area contributed by atoms with Crippen LogP contribution in [-0.2, 0) is 21.4 Å². The van der Waals surface area contributed by atoms with E-state index in [1.807, 2.05) is 30.3 Å². The fourth-order valence-electron chi connectivity index (χ4n) is 3.03. The third-order valence-electron chi connectivity index (χ3n) is 4.58. The van der Waals surface area contributed by atoms with Crippen molar-refractivity contribution in [3.63, 3.8) is 0 Å². The summed E-state index contributed by atoms with van der Waals surface area (Å²) in [5, 5.41) is 18.0. The highest BCUT2D eigenvalue weighted by atomic mass is 32.2. The molecule has 0 heterocycles. The van der Waals surface area contributed by atoms with E-state index in [9.17, 15) is 18.0 Å². The van der Waals surface area contributed by atoms with Crippen molar-refractivity contribution in [1.29, 1.82) is 0 Å². The molecule has 3 aromatic carbocycles. The normalized spacial score (nSPS) is 11.3. The average molecular weight is 440 g/mol. The van der Waals surface area contributed by atoms with E-state index in [-0.39, 0.29) is 17.0 Å². The van der Waals surface area contributed by atoms with Gasteiger partial charge in [0.05, 0.1) is 17.0 Å². The molecule has 8 nitrogen and oxygen atoms in total. The Morgan fingerprint density at radius 3 is 2.13 bits per heavy atom. The Morgan fingerprint density at radius 1 is 0.871 bits per heavy atom. The number of hydroxylamine groups is 1. The van der Waals surface area contributed by atoms with Crippen LogP contribution in [0.2, 0.25) is 0 Å². The van der Waals surface area contributed by atoms with Crippen LogP contribution < -0.4 is 5.48 Å².